The minimum Gasteiger partial charge on any atom is -0.369 e. The van der Waals surface area contributed by atoms with Crippen LogP contribution in [0.2, 0.25) is 0 Å². The summed E-state index contributed by atoms with van der Waals surface area (Å²) in [4.78, 5) is 16.1. The molecular formula is C13H23N3O2. The molecule has 0 radical (unpaired) electrons. The van der Waals surface area contributed by atoms with Gasteiger partial charge in [0.25, 0.3) is 5.91 Å². The highest BCUT2D eigenvalue weighted by Gasteiger charge is 2.34. The van der Waals surface area contributed by atoms with Crippen molar-refractivity contribution >= 4 is 5.91 Å². The van der Waals surface area contributed by atoms with Crippen molar-refractivity contribution in [2.75, 3.05) is 33.3 Å². The van der Waals surface area contributed by atoms with E-state index in [0.717, 1.165) is 19.5 Å². The Bertz CT molecular complexity index is 328. The van der Waals surface area contributed by atoms with Gasteiger partial charge in [-0.15, -0.1) is 0 Å². The van der Waals surface area contributed by atoms with Crippen LogP contribution in [-0.4, -0.2) is 60.6 Å². The molecule has 5 heteroatoms. The Balaban J connectivity index is 2.55. The van der Waals surface area contributed by atoms with Gasteiger partial charge in [-0.05, 0) is 20.3 Å². The Morgan fingerprint density at radius 2 is 1.94 bits per heavy atom. The third kappa shape index (κ3) is 3.21. The standard InChI is InChI=1S/C13H23N3O2/c1-5-11(10-14)15-6-8-16(9-7-15)12(17)13(2,3)18-4/h11H,5-9H2,1-4H3. The van der Waals surface area contributed by atoms with Gasteiger partial charge in [-0.2, -0.15) is 5.26 Å². The molecular weight excluding hydrogens is 230 g/mol. The first-order valence-corrected chi connectivity index (χ1v) is 6.44. The fourth-order valence-electron chi connectivity index (χ4n) is 2.14. The number of ether oxygens (including phenoxy) is 1. The van der Waals surface area contributed by atoms with Gasteiger partial charge in [0.15, 0.2) is 0 Å². The van der Waals surface area contributed by atoms with Gasteiger partial charge in [0, 0.05) is 33.3 Å². The molecule has 0 aliphatic carbocycles. The van der Waals surface area contributed by atoms with E-state index in [-0.39, 0.29) is 11.9 Å². The minimum atomic E-state index is -0.762. The van der Waals surface area contributed by atoms with Crippen molar-refractivity contribution in [2.24, 2.45) is 0 Å². The zero-order valence-electron chi connectivity index (χ0n) is 11.8. The zero-order valence-corrected chi connectivity index (χ0v) is 11.8. The SMILES string of the molecule is CCC(C#N)N1CCN(C(=O)C(C)(C)OC)CC1. The van der Waals surface area contributed by atoms with Crippen LogP contribution >= 0.6 is 0 Å². The summed E-state index contributed by atoms with van der Waals surface area (Å²) in [6.45, 7) is 8.44. The van der Waals surface area contributed by atoms with Crippen molar-refractivity contribution in [1.82, 2.24) is 9.80 Å². The van der Waals surface area contributed by atoms with Crippen LogP contribution in [-0.2, 0) is 9.53 Å². The van der Waals surface area contributed by atoms with Crippen LogP contribution in [0.4, 0.5) is 0 Å². The molecule has 1 fully saturated rings. The molecule has 18 heavy (non-hydrogen) atoms. The van der Waals surface area contributed by atoms with Crippen LogP contribution in [0, 0.1) is 11.3 Å². The number of amides is 1. The van der Waals surface area contributed by atoms with E-state index in [0.29, 0.717) is 13.1 Å². The number of hydrogen-bond acceptors (Lipinski definition) is 4. The number of methoxy groups -OCH3 is 1. The second kappa shape index (κ2) is 6.17. The molecule has 0 aromatic heterocycles. The van der Waals surface area contributed by atoms with Gasteiger partial charge in [0.1, 0.15) is 5.60 Å². The molecule has 0 spiro atoms. The summed E-state index contributed by atoms with van der Waals surface area (Å²) in [5.74, 6) is 0.0228. The van der Waals surface area contributed by atoms with Gasteiger partial charge in [-0.1, -0.05) is 6.92 Å². The highest BCUT2D eigenvalue weighted by Crippen LogP contribution is 2.15. The monoisotopic (exact) mass is 253 g/mol. The number of hydrogen-bond donors (Lipinski definition) is 0. The number of carbonyl (C=O) groups is 1. The Labute approximate surface area is 109 Å². The van der Waals surface area contributed by atoms with Gasteiger partial charge in [0.2, 0.25) is 0 Å². The molecule has 1 amide bonds. The summed E-state index contributed by atoms with van der Waals surface area (Å²) in [5, 5.41) is 9.03. The van der Waals surface area contributed by atoms with Gasteiger partial charge < -0.3 is 9.64 Å². The Morgan fingerprint density at radius 3 is 2.33 bits per heavy atom. The molecule has 0 saturated carbocycles. The third-order valence-electron chi connectivity index (χ3n) is 3.60. The maximum atomic E-state index is 12.2. The molecule has 5 nitrogen and oxygen atoms in total. The highest BCUT2D eigenvalue weighted by molar-refractivity contribution is 5.84. The molecule has 1 heterocycles. The van der Waals surface area contributed by atoms with Crippen LogP contribution in [0.25, 0.3) is 0 Å². The zero-order chi connectivity index (χ0) is 13.8. The van der Waals surface area contributed by atoms with Crippen LogP contribution in [0.5, 0.6) is 0 Å². The van der Waals surface area contributed by atoms with Crippen LogP contribution in [0.3, 0.4) is 0 Å². The highest BCUT2D eigenvalue weighted by atomic mass is 16.5. The van der Waals surface area contributed by atoms with E-state index in [2.05, 4.69) is 11.0 Å². The smallest absolute Gasteiger partial charge is 0.254 e. The summed E-state index contributed by atoms with van der Waals surface area (Å²) in [5.41, 5.74) is -0.762. The molecule has 1 rings (SSSR count). The van der Waals surface area contributed by atoms with Crippen molar-refractivity contribution in [3.8, 4) is 6.07 Å². The van der Waals surface area contributed by atoms with E-state index in [1.807, 2.05) is 11.8 Å². The number of piperazine rings is 1. The van der Waals surface area contributed by atoms with Crippen LogP contribution in [0.1, 0.15) is 27.2 Å². The fourth-order valence-corrected chi connectivity index (χ4v) is 2.14. The van der Waals surface area contributed by atoms with Crippen LogP contribution in [0.15, 0.2) is 0 Å². The molecule has 0 N–H and O–H groups in total. The molecule has 102 valence electrons. The molecule has 0 bridgehead atoms. The Hall–Kier alpha value is -1.12. The predicted octanol–water partition coefficient (Wildman–Crippen LogP) is 0.858. The second-order valence-electron chi connectivity index (χ2n) is 5.10. The summed E-state index contributed by atoms with van der Waals surface area (Å²) in [7, 11) is 1.55. The van der Waals surface area contributed by atoms with Crippen molar-refractivity contribution in [3.63, 3.8) is 0 Å². The maximum Gasteiger partial charge on any atom is 0.254 e. The molecule has 0 aromatic rings. The van der Waals surface area contributed by atoms with Gasteiger partial charge in [-0.3, -0.25) is 9.69 Å². The van der Waals surface area contributed by atoms with Gasteiger partial charge in [0.05, 0.1) is 12.1 Å². The van der Waals surface area contributed by atoms with E-state index in [1.165, 1.54) is 0 Å². The van der Waals surface area contributed by atoms with E-state index in [4.69, 9.17) is 10.00 Å². The van der Waals surface area contributed by atoms with Crippen molar-refractivity contribution in [2.45, 2.75) is 38.8 Å². The predicted molar refractivity (Wildman–Crippen MR) is 68.9 cm³/mol. The van der Waals surface area contributed by atoms with Crippen molar-refractivity contribution in [3.05, 3.63) is 0 Å². The first-order valence-electron chi connectivity index (χ1n) is 6.44. The molecule has 1 aliphatic rings. The van der Waals surface area contributed by atoms with Gasteiger partial charge in [-0.25, -0.2) is 0 Å². The topological polar surface area (TPSA) is 56.6 Å². The average Bonchev–Trinajstić information content (AvgIpc) is 2.40. The first kappa shape index (κ1) is 14.9. The molecule has 1 unspecified atom stereocenters. The lowest BCUT2D eigenvalue weighted by Gasteiger charge is -2.39. The fraction of sp³-hybridized carbons (Fsp3) is 0.846. The largest absolute Gasteiger partial charge is 0.369 e. The summed E-state index contributed by atoms with van der Waals surface area (Å²) >= 11 is 0. The van der Waals surface area contributed by atoms with Crippen molar-refractivity contribution < 1.29 is 9.53 Å². The molecule has 1 atom stereocenters. The summed E-state index contributed by atoms with van der Waals surface area (Å²) in [6.07, 6.45) is 0.827. The normalized spacial score (nSPS) is 19.4. The number of nitriles is 1. The quantitative estimate of drug-likeness (QED) is 0.745. The average molecular weight is 253 g/mol. The van der Waals surface area contributed by atoms with E-state index in [9.17, 15) is 4.79 Å². The van der Waals surface area contributed by atoms with E-state index < -0.39 is 5.60 Å². The molecule has 1 saturated heterocycles. The minimum absolute atomic E-state index is 0.0228. The number of nitrogens with zero attached hydrogens (tertiary/aromatic N) is 3. The second-order valence-corrected chi connectivity index (χ2v) is 5.10. The first-order chi connectivity index (χ1) is 8.46. The lowest BCUT2D eigenvalue weighted by molar-refractivity contribution is -0.152. The number of carbonyl (C=O) groups excluding carboxylic acids is 1. The van der Waals surface area contributed by atoms with E-state index in [1.54, 1.807) is 21.0 Å². The van der Waals surface area contributed by atoms with Crippen molar-refractivity contribution in [1.29, 1.82) is 5.26 Å². The molecule has 1 aliphatic heterocycles. The van der Waals surface area contributed by atoms with Crippen LogP contribution < -0.4 is 0 Å². The summed E-state index contributed by atoms with van der Waals surface area (Å²) in [6, 6.07) is 2.27. The Kier molecular flexibility index (Phi) is 5.12. The lowest BCUT2D eigenvalue weighted by atomic mass is 10.1. The molecule has 0 aromatic carbocycles. The van der Waals surface area contributed by atoms with Gasteiger partial charge >= 0.3 is 0 Å². The lowest BCUT2D eigenvalue weighted by Crippen LogP contribution is -2.56. The third-order valence-corrected chi connectivity index (χ3v) is 3.60. The number of rotatable bonds is 4. The van der Waals surface area contributed by atoms with E-state index >= 15 is 0 Å². The Morgan fingerprint density at radius 1 is 1.39 bits per heavy atom. The maximum absolute atomic E-state index is 12.2. The summed E-state index contributed by atoms with van der Waals surface area (Å²) < 4.78 is 5.21.